The molecular weight excluding hydrogens is 334 g/mol. The number of carboxylic acid groups (broad SMARTS) is 1. The molecule has 8 heteroatoms. The van der Waals surface area contributed by atoms with E-state index in [2.05, 4.69) is 5.32 Å². The highest BCUT2D eigenvalue weighted by Gasteiger charge is 2.20. The molecule has 0 aliphatic heterocycles. The van der Waals surface area contributed by atoms with Gasteiger partial charge in [-0.2, -0.15) is 0 Å². The Kier molecular flexibility index (Phi) is 5.66. The van der Waals surface area contributed by atoms with E-state index in [9.17, 15) is 23.5 Å². The average Bonchev–Trinajstić information content (AvgIpc) is 2.57. The molecule has 3 N–H and O–H groups in total. The summed E-state index contributed by atoms with van der Waals surface area (Å²) in [5, 5.41) is 20.9. The van der Waals surface area contributed by atoms with E-state index in [1.807, 2.05) is 0 Å². The van der Waals surface area contributed by atoms with Gasteiger partial charge in [0.25, 0.3) is 0 Å². The number of anilines is 2. The number of aliphatic hydroxyl groups is 1. The Morgan fingerprint density at radius 1 is 1.12 bits per heavy atom. The van der Waals surface area contributed by atoms with Gasteiger partial charge < -0.3 is 15.5 Å². The lowest BCUT2D eigenvalue weighted by Crippen LogP contribution is -2.37. The molecule has 2 aromatic carbocycles. The number of hydrogen-bond donors (Lipinski definition) is 3. The van der Waals surface area contributed by atoms with E-state index in [0.29, 0.717) is 22.2 Å². The molecule has 0 unspecified atom stereocenters. The highest BCUT2D eigenvalue weighted by molar-refractivity contribution is 6.00. The van der Waals surface area contributed by atoms with E-state index in [0.717, 1.165) is 17.7 Å². The zero-order chi connectivity index (χ0) is 18.6. The molecule has 0 atom stereocenters. The molecule has 2 amide bonds. The van der Waals surface area contributed by atoms with Crippen molar-refractivity contribution in [2.24, 2.45) is 0 Å². The first-order valence-electron chi connectivity index (χ1n) is 7.27. The maximum absolute atomic E-state index is 13.3. The van der Waals surface area contributed by atoms with Crippen LogP contribution in [0.4, 0.5) is 25.0 Å². The topological polar surface area (TPSA) is 89.9 Å². The minimum Gasteiger partial charge on any atom is -0.465 e. The van der Waals surface area contributed by atoms with Gasteiger partial charge in [0.15, 0.2) is 11.6 Å². The summed E-state index contributed by atoms with van der Waals surface area (Å²) >= 11 is 0. The lowest BCUT2D eigenvalue weighted by Gasteiger charge is -2.19. The predicted molar refractivity (Wildman–Crippen MR) is 87.5 cm³/mol. The van der Waals surface area contributed by atoms with Gasteiger partial charge in [-0.15, -0.1) is 0 Å². The van der Waals surface area contributed by atoms with Gasteiger partial charge in [0.1, 0.15) is 6.54 Å². The summed E-state index contributed by atoms with van der Waals surface area (Å²) in [6.07, 6.45) is -1.48. The fourth-order valence-electron chi connectivity index (χ4n) is 2.16. The second kappa shape index (κ2) is 7.71. The highest BCUT2D eigenvalue weighted by Crippen LogP contribution is 2.20. The Balaban J connectivity index is 2.18. The van der Waals surface area contributed by atoms with Crippen molar-refractivity contribution in [1.82, 2.24) is 0 Å². The molecule has 0 bridgehead atoms. The van der Waals surface area contributed by atoms with Crippen LogP contribution in [0.25, 0.3) is 0 Å². The summed E-state index contributed by atoms with van der Waals surface area (Å²) in [6.45, 7) is 0.920. The molecule has 0 aliphatic carbocycles. The molecule has 0 saturated carbocycles. The highest BCUT2D eigenvalue weighted by atomic mass is 19.2. The van der Waals surface area contributed by atoms with E-state index in [4.69, 9.17) is 5.11 Å². The Morgan fingerprint density at radius 3 is 2.44 bits per heavy atom. The number of nitrogens with zero attached hydrogens (tertiary/aromatic N) is 1. The molecule has 2 aromatic rings. The van der Waals surface area contributed by atoms with Gasteiger partial charge in [-0.1, -0.05) is 12.1 Å². The van der Waals surface area contributed by atoms with Gasteiger partial charge in [-0.25, -0.2) is 13.6 Å². The van der Waals surface area contributed by atoms with Crippen LogP contribution in [0, 0.1) is 18.6 Å². The smallest absolute Gasteiger partial charge is 0.412 e. The summed E-state index contributed by atoms with van der Waals surface area (Å²) in [4.78, 5) is 24.1. The van der Waals surface area contributed by atoms with E-state index >= 15 is 0 Å². The number of carbonyl (C=O) groups excluding carboxylic acids is 1. The molecule has 0 aliphatic rings. The van der Waals surface area contributed by atoms with Gasteiger partial charge in [0.2, 0.25) is 5.91 Å². The van der Waals surface area contributed by atoms with Crippen LogP contribution in [0.2, 0.25) is 0 Å². The summed E-state index contributed by atoms with van der Waals surface area (Å²) < 4.78 is 26.3. The van der Waals surface area contributed by atoms with Crippen molar-refractivity contribution >= 4 is 23.4 Å². The first kappa shape index (κ1) is 18.3. The fourth-order valence-corrected chi connectivity index (χ4v) is 2.16. The first-order chi connectivity index (χ1) is 11.8. The van der Waals surface area contributed by atoms with Crippen molar-refractivity contribution in [1.29, 1.82) is 0 Å². The SMILES string of the molecule is Cc1ccc(CO)cc1NC(=O)CN(C(=O)O)c1ccc(F)c(F)c1. The van der Waals surface area contributed by atoms with E-state index < -0.39 is 30.2 Å². The number of rotatable bonds is 5. The Labute approximate surface area is 142 Å². The van der Waals surface area contributed by atoms with E-state index in [-0.39, 0.29) is 12.3 Å². The largest absolute Gasteiger partial charge is 0.465 e. The van der Waals surface area contributed by atoms with Crippen molar-refractivity contribution in [2.75, 3.05) is 16.8 Å². The van der Waals surface area contributed by atoms with Crippen molar-refractivity contribution in [3.8, 4) is 0 Å². The van der Waals surface area contributed by atoms with Crippen molar-refractivity contribution < 1.29 is 28.6 Å². The molecular formula is C17H16F2N2O4. The first-order valence-corrected chi connectivity index (χ1v) is 7.27. The van der Waals surface area contributed by atoms with Gasteiger partial charge in [-0.05, 0) is 36.2 Å². The Hall–Kier alpha value is -3.00. The normalized spacial score (nSPS) is 10.4. The number of halogens is 2. The standard InChI is InChI=1S/C17H16F2N2O4/c1-10-2-3-11(9-22)6-15(10)20-16(23)8-21(17(24)25)12-4-5-13(18)14(19)7-12/h2-7,22H,8-9H2,1H3,(H,20,23)(H,24,25). The van der Waals surface area contributed by atoms with E-state index in [1.165, 1.54) is 0 Å². The van der Waals surface area contributed by atoms with Gasteiger partial charge in [-0.3, -0.25) is 9.69 Å². The zero-order valence-electron chi connectivity index (χ0n) is 13.3. The molecule has 0 saturated heterocycles. The summed E-state index contributed by atoms with van der Waals surface area (Å²) in [6, 6.07) is 7.51. The quantitative estimate of drug-likeness (QED) is 0.773. The second-order valence-corrected chi connectivity index (χ2v) is 5.32. The molecule has 6 nitrogen and oxygen atoms in total. The van der Waals surface area contributed by atoms with Crippen LogP contribution in [0.3, 0.4) is 0 Å². The number of amides is 2. The summed E-state index contributed by atoms with van der Waals surface area (Å²) in [7, 11) is 0. The van der Waals surface area contributed by atoms with Crippen molar-refractivity contribution in [3.05, 3.63) is 59.2 Å². The molecule has 132 valence electrons. The maximum atomic E-state index is 13.3. The second-order valence-electron chi connectivity index (χ2n) is 5.32. The lowest BCUT2D eigenvalue weighted by atomic mass is 10.1. The van der Waals surface area contributed by atoms with E-state index in [1.54, 1.807) is 25.1 Å². The number of benzene rings is 2. The van der Waals surface area contributed by atoms with Crippen LogP contribution in [0.5, 0.6) is 0 Å². The third-order valence-electron chi connectivity index (χ3n) is 3.51. The van der Waals surface area contributed by atoms with Gasteiger partial charge in [0, 0.05) is 11.8 Å². The van der Waals surface area contributed by atoms with Crippen LogP contribution in [0.1, 0.15) is 11.1 Å². The molecule has 0 fully saturated rings. The van der Waals surface area contributed by atoms with Crippen molar-refractivity contribution in [2.45, 2.75) is 13.5 Å². The van der Waals surface area contributed by atoms with Gasteiger partial charge in [0.05, 0.1) is 12.3 Å². The fraction of sp³-hybridized carbons (Fsp3) is 0.176. The van der Waals surface area contributed by atoms with Crippen LogP contribution in [-0.4, -0.2) is 28.8 Å². The van der Waals surface area contributed by atoms with Crippen LogP contribution in [0.15, 0.2) is 36.4 Å². The molecule has 25 heavy (non-hydrogen) atoms. The summed E-state index contributed by atoms with van der Waals surface area (Å²) in [5.41, 5.74) is 1.56. The third-order valence-corrected chi connectivity index (χ3v) is 3.51. The number of carbonyl (C=O) groups is 2. The zero-order valence-corrected chi connectivity index (χ0v) is 13.3. The molecule has 0 spiro atoms. The number of aliphatic hydroxyl groups excluding tert-OH is 1. The molecule has 2 rings (SSSR count). The summed E-state index contributed by atoms with van der Waals surface area (Å²) in [5.74, 6) is -2.99. The minimum absolute atomic E-state index is 0.164. The molecule has 0 aromatic heterocycles. The van der Waals surface area contributed by atoms with Crippen LogP contribution >= 0.6 is 0 Å². The Bertz CT molecular complexity index is 811. The number of aryl methyl sites for hydroxylation is 1. The Morgan fingerprint density at radius 2 is 1.84 bits per heavy atom. The van der Waals surface area contributed by atoms with Crippen molar-refractivity contribution in [3.63, 3.8) is 0 Å². The average molecular weight is 350 g/mol. The number of hydrogen-bond acceptors (Lipinski definition) is 3. The predicted octanol–water partition coefficient (Wildman–Crippen LogP) is 2.89. The molecule has 0 radical (unpaired) electrons. The monoisotopic (exact) mass is 350 g/mol. The number of nitrogens with one attached hydrogen (secondary N) is 1. The van der Waals surface area contributed by atoms with Crippen LogP contribution < -0.4 is 10.2 Å². The van der Waals surface area contributed by atoms with Gasteiger partial charge >= 0.3 is 6.09 Å². The van der Waals surface area contributed by atoms with Crippen LogP contribution in [-0.2, 0) is 11.4 Å². The third kappa shape index (κ3) is 4.51. The maximum Gasteiger partial charge on any atom is 0.412 e. The minimum atomic E-state index is -1.48. The lowest BCUT2D eigenvalue weighted by molar-refractivity contribution is -0.115. The molecule has 0 heterocycles.